The predicted octanol–water partition coefficient (Wildman–Crippen LogP) is 3.29. The van der Waals surface area contributed by atoms with Crippen molar-refractivity contribution in [2.45, 2.75) is 31.8 Å². The normalized spacial score (nSPS) is 16.9. The Labute approximate surface area is 128 Å². The van der Waals surface area contributed by atoms with Crippen molar-refractivity contribution in [1.82, 2.24) is 15.3 Å². The molecule has 1 aromatic carbocycles. The summed E-state index contributed by atoms with van der Waals surface area (Å²) < 4.78 is 5.44. The first-order chi connectivity index (χ1) is 10.3. The Balaban J connectivity index is 1.87. The fraction of sp³-hybridized carbons (Fsp3) is 0.375. The minimum atomic E-state index is 0.610. The molecule has 2 aromatic rings. The first-order valence-electron chi connectivity index (χ1n) is 7.20. The third-order valence-corrected chi connectivity index (χ3v) is 4.32. The molecular formula is C16H16ClN3O. The molecule has 4 rings (SSSR count). The van der Waals surface area contributed by atoms with Crippen LogP contribution in [0.4, 0.5) is 0 Å². The molecule has 21 heavy (non-hydrogen) atoms. The number of ether oxygens (including phenoxy) is 1. The van der Waals surface area contributed by atoms with Crippen LogP contribution in [-0.2, 0) is 13.1 Å². The second kappa shape index (κ2) is 4.97. The molecule has 1 fully saturated rings. The lowest BCUT2D eigenvalue weighted by Crippen LogP contribution is -2.03. The van der Waals surface area contributed by atoms with E-state index < -0.39 is 0 Å². The van der Waals surface area contributed by atoms with Crippen LogP contribution >= 0.6 is 11.6 Å². The van der Waals surface area contributed by atoms with E-state index in [0.717, 1.165) is 35.9 Å². The van der Waals surface area contributed by atoms with Crippen molar-refractivity contribution in [2.24, 2.45) is 0 Å². The molecule has 1 aliphatic carbocycles. The molecular weight excluding hydrogens is 286 g/mol. The van der Waals surface area contributed by atoms with Gasteiger partial charge in [-0.1, -0.05) is 11.6 Å². The summed E-state index contributed by atoms with van der Waals surface area (Å²) in [6.45, 7) is 1.71. The summed E-state index contributed by atoms with van der Waals surface area (Å²) in [7, 11) is 1.64. The van der Waals surface area contributed by atoms with E-state index in [9.17, 15) is 0 Å². The number of halogens is 1. The number of benzene rings is 1. The molecule has 1 aliphatic heterocycles. The van der Waals surface area contributed by atoms with Crippen molar-refractivity contribution in [2.75, 3.05) is 7.11 Å². The first-order valence-corrected chi connectivity index (χ1v) is 7.58. The maximum absolute atomic E-state index is 6.04. The van der Waals surface area contributed by atoms with Gasteiger partial charge in [-0.25, -0.2) is 9.97 Å². The second-order valence-electron chi connectivity index (χ2n) is 5.58. The fourth-order valence-electron chi connectivity index (χ4n) is 2.86. The van der Waals surface area contributed by atoms with E-state index >= 15 is 0 Å². The molecule has 5 heteroatoms. The first kappa shape index (κ1) is 13.0. The quantitative estimate of drug-likeness (QED) is 0.945. The molecule has 0 spiro atoms. The molecule has 1 N–H and O–H groups in total. The maximum Gasteiger partial charge on any atom is 0.163 e. The smallest absolute Gasteiger partial charge is 0.163 e. The van der Waals surface area contributed by atoms with Crippen molar-refractivity contribution < 1.29 is 4.74 Å². The molecule has 0 unspecified atom stereocenters. The van der Waals surface area contributed by atoms with Crippen LogP contribution in [0.5, 0.6) is 5.75 Å². The summed E-state index contributed by atoms with van der Waals surface area (Å²) in [5.74, 6) is 2.07. The van der Waals surface area contributed by atoms with Gasteiger partial charge in [-0.2, -0.15) is 0 Å². The van der Waals surface area contributed by atoms with Gasteiger partial charge in [-0.15, -0.1) is 0 Å². The fourth-order valence-corrected chi connectivity index (χ4v) is 3.02. The summed E-state index contributed by atoms with van der Waals surface area (Å²) in [5.41, 5.74) is 4.54. The highest BCUT2D eigenvalue weighted by Crippen LogP contribution is 2.43. The van der Waals surface area contributed by atoms with E-state index in [1.807, 2.05) is 18.2 Å². The summed E-state index contributed by atoms with van der Waals surface area (Å²) in [6, 6.07) is 5.59. The van der Waals surface area contributed by atoms with Crippen molar-refractivity contribution >= 4 is 11.6 Å². The van der Waals surface area contributed by atoms with Crippen LogP contribution < -0.4 is 10.1 Å². The summed E-state index contributed by atoms with van der Waals surface area (Å²) in [6.07, 6.45) is 2.47. The maximum atomic E-state index is 6.04. The Morgan fingerprint density at radius 3 is 2.86 bits per heavy atom. The average Bonchev–Trinajstić information content (AvgIpc) is 3.23. The van der Waals surface area contributed by atoms with E-state index in [-0.39, 0.29) is 0 Å². The predicted molar refractivity (Wildman–Crippen MR) is 81.5 cm³/mol. The standard InChI is InChI=1S/C16H16ClN3O/c1-21-14-6-10(17)4-5-11(14)16-19-13-8-18-7-12(13)15(20-16)9-2-3-9/h4-6,9,18H,2-3,7-8H2,1H3. The molecule has 1 aromatic heterocycles. The zero-order valence-electron chi connectivity index (χ0n) is 11.8. The van der Waals surface area contributed by atoms with E-state index in [1.165, 1.54) is 24.1 Å². The van der Waals surface area contributed by atoms with Crippen LogP contribution in [0.25, 0.3) is 11.4 Å². The summed E-state index contributed by atoms with van der Waals surface area (Å²) in [5, 5.41) is 4.03. The molecule has 108 valence electrons. The lowest BCUT2D eigenvalue weighted by atomic mass is 10.1. The van der Waals surface area contributed by atoms with Gasteiger partial charge in [0, 0.05) is 29.6 Å². The molecule has 2 heterocycles. The van der Waals surface area contributed by atoms with Gasteiger partial charge in [0.2, 0.25) is 0 Å². The van der Waals surface area contributed by atoms with Crippen LogP contribution in [0.3, 0.4) is 0 Å². The van der Waals surface area contributed by atoms with E-state index in [4.69, 9.17) is 26.3 Å². The zero-order valence-corrected chi connectivity index (χ0v) is 12.6. The Hall–Kier alpha value is -1.65. The monoisotopic (exact) mass is 301 g/mol. The molecule has 0 amide bonds. The van der Waals surface area contributed by atoms with Crippen LogP contribution in [-0.4, -0.2) is 17.1 Å². The van der Waals surface area contributed by atoms with Gasteiger partial charge in [0.1, 0.15) is 5.75 Å². The lowest BCUT2D eigenvalue weighted by molar-refractivity contribution is 0.416. The number of nitrogens with zero attached hydrogens (tertiary/aromatic N) is 2. The molecule has 0 radical (unpaired) electrons. The lowest BCUT2D eigenvalue weighted by Gasteiger charge is -2.12. The van der Waals surface area contributed by atoms with Crippen molar-refractivity contribution in [1.29, 1.82) is 0 Å². The average molecular weight is 302 g/mol. The van der Waals surface area contributed by atoms with Gasteiger partial charge in [-0.3, -0.25) is 0 Å². The van der Waals surface area contributed by atoms with E-state index in [2.05, 4.69) is 5.32 Å². The van der Waals surface area contributed by atoms with Gasteiger partial charge < -0.3 is 10.1 Å². The van der Waals surface area contributed by atoms with Crippen molar-refractivity contribution in [3.63, 3.8) is 0 Å². The molecule has 0 saturated heterocycles. The SMILES string of the molecule is COc1cc(Cl)ccc1-c1nc2c(c(C3CC3)n1)CNC2. The number of aromatic nitrogens is 2. The molecule has 0 atom stereocenters. The molecule has 4 nitrogen and oxygen atoms in total. The third kappa shape index (κ3) is 2.28. The van der Waals surface area contributed by atoms with Gasteiger partial charge in [0.05, 0.1) is 24.1 Å². The van der Waals surface area contributed by atoms with Crippen LogP contribution in [0.2, 0.25) is 5.02 Å². The van der Waals surface area contributed by atoms with Crippen LogP contribution in [0.15, 0.2) is 18.2 Å². The number of fused-ring (bicyclic) bond motifs is 1. The minimum absolute atomic E-state index is 0.610. The summed E-state index contributed by atoms with van der Waals surface area (Å²) >= 11 is 6.04. The van der Waals surface area contributed by atoms with Gasteiger partial charge in [0.25, 0.3) is 0 Å². The second-order valence-corrected chi connectivity index (χ2v) is 6.02. The Morgan fingerprint density at radius 2 is 2.10 bits per heavy atom. The largest absolute Gasteiger partial charge is 0.496 e. The van der Waals surface area contributed by atoms with Crippen LogP contribution in [0, 0.1) is 0 Å². The van der Waals surface area contributed by atoms with Crippen molar-refractivity contribution in [3.05, 3.63) is 40.2 Å². The van der Waals surface area contributed by atoms with Crippen LogP contribution in [0.1, 0.15) is 35.7 Å². The number of hydrogen-bond donors (Lipinski definition) is 1. The Bertz CT molecular complexity index is 713. The van der Waals surface area contributed by atoms with Gasteiger partial charge in [0.15, 0.2) is 5.82 Å². The minimum Gasteiger partial charge on any atom is -0.496 e. The summed E-state index contributed by atoms with van der Waals surface area (Å²) in [4.78, 5) is 9.58. The number of methoxy groups -OCH3 is 1. The highest BCUT2D eigenvalue weighted by Gasteiger charge is 2.31. The number of rotatable bonds is 3. The molecule has 0 bridgehead atoms. The van der Waals surface area contributed by atoms with Crippen molar-refractivity contribution in [3.8, 4) is 17.1 Å². The molecule has 1 saturated carbocycles. The highest BCUT2D eigenvalue weighted by atomic mass is 35.5. The number of hydrogen-bond acceptors (Lipinski definition) is 4. The highest BCUT2D eigenvalue weighted by molar-refractivity contribution is 6.30. The third-order valence-electron chi connectivity index (χ3n) is 4.09. The van der Waals surface area contributed by atoms with E-state index in [0.29, 0.717) is 10.9 Å². The van der Waals surface area contributed by atoms with E-state index in [1.54, 1.807) is 7.11 Å². The zero-order chi connectivity index (χ0) is 14.4. The topological polar surface area (TPSA) is 47.0 Å². The number of nitrogens with one attached hydrogen (secondary N) is 1. The Morgan fingerprint density at radius 1 is 1.24 bits per heavy atom. The Kier molecular flexibility index (Phi) is 3.08. The van der Waals surface area contributed by atoms with Gasteiger partial charge >= 0.3 is 0 Å². The molecule has 2 aliphatic rings. The van der Waals surface area contributed by atoms with Gasteiger partial charge in [-0.05, 0) is 31.0 Å².